The largest absolute Gasteiger partial charge is 0.367 e. The fraction of sp³-hybridized carbons (Fsp3) is 0.455. The van der Waals surface area contributed by atoms with E-state index in [0.29, 0.717) is 6.04 Å². The number of anilines is 1. The number of aromatic nitrogens is 3. The Labute approximate surface area is 88.3 Å². The number of hydrogen-bond donors (Lipinski definition) is 1. The van der Waals surface area contributed by atoms with Crippen molar-refractivity contribution in [2.75, 3.05) is 5.32 Å². The minimum atomic E-state index is 0.614. The molecule has 0 unspecified atom stereocenters. The van der Waals surface area contributed by atoms with Crippen molar-refractivity contribution in [2.24, 2.45) is 0 Å². The Bertz CT molecular complexity index is 456. The molecule has 1 saturated carbocycles. The van der Waals surface area contributed by atoms with Gasteiger partial charge in [-0.1, -0.05) is 12.8 Å². The summed E-state index contributed by atoms with van der Waals surface area (Å²) >= 11 is 0. The monoisotopic (exact) mass is 202 g/mol. The van der Waals surface area contributed by atoms with Crippen molar-refractivity contribution in [3.05, 3.63) is 24.5 Å². The number of fused-ring (bicyclic) bond motifs is 1. The molecule has 78 valence electrons. The summed E-state index contributed by atoms with van der Waals surface area (Å²) < 4.78 is 1.78. The van der Waals surface area contributed by atoms with E-state index >= 15 is 0 Å². The maximum atomic E-state index is 4.49. The van der Waals surface area contributed by atoms with E-state index in [1.54, 1.807) is 10.7 Å². The lowest BCUT2D eigenvalue weighted by Gasteiger charge is -2.12. The molecule has 0 bridgehead atoms. The molecule has 1 aliphatic carbocycles. The van der Waals surface area contributed by atoms with Gasteiger partial charge in [-0.3, -0.25) is 0 Å². The first-order chi connectivity index (χ1) is 7.42. The zero-order valence-corrected chi connectivity index (χ0v) is 8.56. The third-order valence-corrected chi connectivity index (χ3v) is 2.97. The minimum absolute atomic E-state index is 0.614. The summed E-state index contributed by atoms with van der Waals surface area (Å²) in [6.45, 7) is 0. The molecule has 0 aromatic carbocycles. The summed E-state index contributed by atoms with van der Waals surface area (Å²) in [5.74, 6) is 0.968. The van der Waals surface area contributed by atoms with E-state index in [-0.39, 0.29) is 0 Å². The average Bonchev–Trinajstić information content (AvgIpc) is 2.87. The molecular formula is C11H14N4. The predicted molar refractivity (Wildman–Crippen MR) is 58.9 cm³/mol. The molecule has 1 aliphatic rings. The minimum Gasteiger partial charge on any atom is -0.367 e. The van der Waals surface area contributed by atoms with Gasteiger partial charge in [0.1, 0.15) is 5.82 Å². The Morgan fingerprint density at radius 1 is 1.27 bits per heavy atom. The molecule has 0 spiro atoms. The second-order valence-corrected chi connectivity index (χ2v) is 4.07. The molecule has 2 heterocycles. The average molecular weight is 202 g/mol. The van der Waals surface area contributed by atoms with E-state index in [2.05, 4.69) is 15.4 Å². The van der Waals surface area contributed by atoms with Gasteiger partial charge in [0.05, 0.1) is 6.20 Å². The molecule has 2 aromatic heterocycles. The molecule has 0 atom stereocenters. The molecular weight excluding hydrogens is 188 g/mol. The number of nitrogens with one attached hydrogen (secondary N) is 1. The van der Waals surface area contributed by atoms with E-state index < -0.39 is 0 Å². The smallest absolute Gasteiger partial charge is 0.157 e. The lowest BCUT2D eigenvalue weighted by atomic mass is 10.2. The lowest BCUT2D eigenvalue weighted by Crippen LogP contribution is -2.15. The third kappa shape index (κ3) is 1.67. The van der Waals surface area contributed by atoms with E-state index in [9.17, 15) is 0 Å². The quantitative estimate of drug-likeness (QED) is 0.810. The highest BCUT2D eigenvalue weighted by atomic mass is 15.2. The molecule has 3 rings (SSSR count). The standard InChI is InChI=1S/C11H14N4/c1-2-4-9(3-1)13-10-6-8-15-11(14-10)5-7-12-15/h5-9H,1-4H2,(H,13,14). The van der Waals surface area contributed by atoms with Gasteiger partial charge < -0.3 is 5.32 Å². The summed E-state index contributed by atoms with van der Waals surface area (Å²) in [4.78, 5) is 4.49. The van der Waals surface area contributed by atoms with Crippen LogP contribution in [0.4, 0.5) is 5.82 Å². The Morgan fingerprint density at radius 3 is 3.00 bits per heavy atom. The van der Waals surface area contributed by atoms with Crippen LogP contribution in [0.15, 0.2) is 24.5 Å². The molecule has 0 radical (unpaired) electrons. The fourth-order valence-electron chi connectivity index (χ4n) is 2.17. The van der Waals surface area contributed by atoms with E-state index in [4.69, 9.17) is 0 Å². The normalized spacial score (nSPS) is 17.3. The molecule has 0 amide bonds. The van der Waals surface area contributed by atoms with Crippen LogP contribution in [0, 0.1) is 0 Å². The van der Waals surface area contributed by atoms with Crippen molar-refractivity contribution in [3.63, 3.8) is 0 Å². The van der Waals surface area contributed by atoms with Crippen LogP contribution < -0.4 is 5.32 Å². The number of nitrogens with zero attached hydrogens (tertiary/aromatic N) is 3. The Kier molecular flexibility index (Phi) is 2.05. The first-order valence-electron chi connectivity index (χ1n) is 5.49. The summed E-state index contributed by atoms with van der Waals surface area (Å²) in [6.07, 6.45) is 8.93. The third-order valence-electron chi connectivity index (χ3n) is 2.97. The van der Waals surface area contributed by atoms with Crippen molar-refractivity contribution < 1.29 is 0 Å². The zero-order valence-electron chi connectivity index (χ0n) is 8.56. The van der Waals surface area contributed by atoms with Crippen LogP contribution in [0.2, 0.25) is 0 Å². The molecule has 1 fully saturated rings. The maximum Gasteiger partial charge on any atom is 0.157 e. The second kappa shape index (κ2) is 3.53. The van der Waals surface area contributed by atoms with Crippen molar-refractivity contribution in [1.29, 1.82) is 0 Å². The van der Waals surface area contributed by atoms with Gasteiger partial charge in [-0.15, -0.1) is 0 Å². The van der Waals surface area contributed by atoms with Crippen LogP contribution in [0.3, 0.4) is 0 Å². The topological polar surface area (TPSA) is 42.2 Å². The molecule has 4 heteroatoms. The van der Waals surface area contributed by atoms with Gasteiger partial charge in [-0.05, 0) is 18.9 Å². The van der Waals surface area contributed by atoms with Crippen molar-refractivity contribution in [3.8, 4) is 0 Å². The number of hydrogen-bond acceptors (Lipinski definition) is 3. The first-order valence-corrected chi connectivity index (χ1v) is 5.49. The van der Waals surface area contributed by atoms with Gasteiger partial charge in [0.25, 0.3) is 0 Å². The molecule has 4 nitrogen and oxygen atoms in total. The first kappa shape index (κ1) is 8.71. The molecule has 15 heavy (non-hydrogen) atoms. The van der Waals surface area contributed by atoms with Gasteiger partial charge >= 0.3 is 0 Å². The van der Waals surface area contributed by atoms with Gasteiger partial charge in [0, 0.05) is 18.3 Å². The fourth-order valence-corrected chi connectivity index (χ4v) is 2.17. The van der Waals surface area contributed by atoms with Crippen LogP contribution in [0.5, 0.6) is 0 Å². The molecule has 1 N–H and O–H groups in total. The summed E-state index contributed by atoms with van der Waals surface area (Å²) in [5, 5.41) is 7.59. The van der Waals surface area contributed by atoms with Crippen LogP contribution >= 0.6 is 0 Å². The molecule has 0 saturated heterocycles. The van der Waals surface area contributed by atoms with Crippen LogP contribution in [0.1, 0.15) is 25.7 Å². The highest BCUT2D eigenvalue weighted by molar-refractivity contribution is 5.45. The Balaban J connectivity index is 1.84. The van der Waals surface area contributed by atoms with Crippen molar-refractivity contribution in [2.45, 2.75) is 31.7 Å². The van der Waals surface area contributed by atoms with Gasteiger partial charge in [0.15, 0.2) is 5.65 Å². The second-order valence-electron chi connectivity index (χ2n) is 4.07. The van der Waals surface area contributed by atoms with Gasteiger partial charge in [-0.25, -0.2) is 9.50 Å². The van der Waals surface area contributed by atoms with Crippen LogP contribution in [0.25, 0.3) is 5.65 Å². The summed E-state index contributed by atoms with van der Waals surface area (Å²) in [6, 6.07) is 4.51. The van der Waals surface area contributed by atoms with Crippen LogP contribution in [-0.4, -0.2) is 20.6 Å². The van der Waals surface area contributed by atoms with Gasteiger partial charge in [-0.2, -0.15) is 5.10 Å². The molecule has 2 aromatic rings. The Morgan fingerprint density at radius 2 is 2.13 bits per heavy atom. The molecule has 0 aliphatic heterocycles. The highest BCUT2D eigenvalue weighted by Crippen LogP contribution is 2.21. The highest BCUT2D eigenvalue weighted by Gasteiger charge is 2.14. The SMILES string of the molecule is c1cc2nc(NC3CCCC3)ccn2n1. The van der Waals surface area contributed by atoms with Crippen molar-refractivity contribution in [1.82, 2.24) is 14.6 Å². The summed E-state index contributed by atoms with van der Waals surface area (Å²) in [5.41, 5.74) is 0.901. The maximum absolute atomic E-state index is 4.49. The zero-order chi connectivity index (χ0) is 10.1. The van der Waals surface area contributed by atoms with E-state index in [1.165, 1.54) is 25.7 Å². The van der Waals surface area contributed by atoms with Gasteiger partial charge in [0.2, 0.25) is 0 Å². The van der Waals surface area contributed by atoms with E-state index in [0.717, 1.165) is 11.5 Å². The van der Waals surface area contributed by atoms with Crippen LogP contribution in [-0.2, 0) is 0 Å². The summed E-state index contributed by atoms with van der Waals surface area (Å²) in [7, 11) is 0. The predicted octanol–water partition coefficient (Wildman–Crippen LogP) is 2.08. The number of rotatable bonds is 2. The van der Waals surface area contributed by atoms with E-state index in [1.807, 2.05) is 18.3 Å². The van der Waals surface area contributed by atoms with Crippen molar-refractivity contribution >= 4 is 11.5 Å². The Hall–Kier alpha value is -1.58. The lowest BCUT2D eigenvalue weighted by molar-refractivity contribution is 0.749.